The predicted octanol–water partition coefficient (Wildman–Crippen LogP) is 3.86. The maximum absolute atomic E-state index is 12.7. The number of hydrogen-bond acceptors (Lipinski definition) is 5. The number of ether oxygens (including phenoxy) is 1. The van der Waals surface area contributed by atoms with Crippen molar-refractivity contribution in [3.63, 3.8) is 0 Å². The third kappa shape index (κ3) is 5.45. The van der Waals surface area contributed by atoms with Gasteiger partial charge in [0.25, 0.3) is 5.91 Å². The molecule has 0 saturated carbocycles. The molecule has 1 aromatic heterocycles. The fourth-order valence-corrected chi connectivity index (χ4v) is 3.04. The number of carbonyl (C=O) groups is 1. The van der Waals surface area contributed by atoms with Crippen LogP contribution in [0, 0.1) is 13.8 Å². The molecule has 0 spiro atoms. The lowest BCUT2D eigenvalue weighted by atomic mass is 10.1. The van der Waals surface area contributed by atoms with Crippen molar-refractivity contribution in [2.24, 2.45) is 0 Å². The number of aryl methyl sites for hydroxylation is 2. The Morgan fingerprint density at radius 1 is 1.07 bits per heavy atom. The number of para-hydroxylation sites is 1. The van der Waals surface area contributed by atoms with Gasteiger partial charge >= 0.3 is 0 Å². The number of hydrogen-bond donors (Lipinski definition) is 1. The Bertz CT molecular complexity index is 942. The molecule has 3 aromatic rings. The maximum Gasteiger partial charge on any atom is 0.255 e. The Labute approximate surface area is 171 Å². The molecule has 0 saturated heterocycles. The van der Waals surface area contributed by atoms with Crippen molar-refractivity contribution < 1.29 is 14.1 Å². The van der Waals surface area contributed by atoms with E-state index in [0.717, 1.165) is 29.1 Å². The van der Waals surface area contributed by atoms with Gasteiger partial charge in [0, 0.05) is 13.1 Å². The van der Waals surface area contributed by atoms with Crippen molar-refractivity contribution in [1.29, 1.82) is 0 Å². The summed E-state index contributed by atoms with van der Waals surface area (Å²) in [6.07, 6.45) is 0. The fourth-order valence-electron chi connectivity index (χ4n) is 3.04. The molecular formula is C23H27N3O3. The summed E-state index contributed by atoms with van der Waals surface area (Å²) in [6.45, 7) is 5.37. The molecule has 3 rings (SSSR count). The standard InChI is InChI=1S/C23H27N3O3/c1-16-21(17(2)29-25-16)15-28-22-8-6-5-7-20(22)23(27)24-13-18-9-11-19(12-10-18)14-26(3)4/h5-12H,13-15H2,1-4H3,(H,24,27). The van der Waals surface area contributed by atoms with Gasteiger partial charge in [0.05, 0.1) is 16.8 Å². The van der Waals surface area contributed by atoms with E-state index >= 15 is 0 Å². The summed E-state index contributed by atoms with van der Waals surface area (Å²) in [4.78, 5) is 14.8. The molecule has 1 heterocycles. The summed E-state index contributed by atoms with van der Waals surface area (Å²) in [6, 6.07) is 15.5. The van der Waals surface area contributed by atoms with Crippen LogP contribution >= 0.6 is 0 Å². The molecule has 0 fully saturated rings. The van der Waals surface area contributed by atoms with Crippen molar-refractivity contribution in [2.75, 3.05) is 14.1 Å². The van der Waals surface area contributed by atoms with E-state index in [-0.39, 0.29) is 5.91 Å². The van der Waals surface area contributed by atoms with Gasteiger partial charge in [-0.05, 0) is 51.2 Å². The van der Waals surface area contributed by atoms with Crippen LogP contribution in [-0.2, 0) is 19.7 Å². The average Bonchev–Trinajstić information content (AvgIpc) is 3.03. The minimum absolute atomic E-state index is 0.170. The highest BCUT2D eigenvalue weighted by Gasteiger charge is 2.14. The molecule has 2 aromatic carbocycles. The van der Waals surface area contributed by atoms with Gasteiger partial charge in [0.1, 0.15) is 18.1 Å². The van der Waals surface area contributed by atoms with Crippen molar-refractivity contribution in [2.45, 2.75) is 33.5 Å². The maximum atomic E-state index is 12.7. The van der Waals surface area contributed by atoms with Crippen LogP contribution in [0.25, 0.3) is 0 Å². The lowest BCUT2D eigenvalue weighted by Crippen LogP contribution is -2.23. The molecule has 0 aliphatic carbocycles. The smallest absolute Gasteiger partial charge is 0.255 e. The predicted molar refractivity (Wildman–Crippen MR) is 112 cm³/mol. The number of nitrogens with zero attached hydrogens (tertiary/aromatic N) is 2. The zero-order chi connectivity index (χ0) is 20.8. The van der Waals surface area contributed by atoms with E-state index in [1.54, 1.807) is 12.1 Å². The second kappa shape index (κ2) is 9.39. The van der Waals surface area contributed by atoms with Gasteiger partial charge in [0.15, 0.2) is 0 Å². The molecule has 0 atom stereocenters. The molecule has 6 heteroatoms. The number of amides is 1. The molecule has 0 unspecified atom stereocenters. The average molecular weight is 393 g/mol. The van der Waals surface area contributed by atoms with Crippen molar-refractivity contribution in [3.8, 4) is 5.75 Å². The van der Waals surface area contributed by atoms with Gasteiger partial charge in [-0.2, -0.15) is 0 Å². The molecular weight excluding hydrogens is 366 g/mol. The van der Waals surface area contributed by atoms with Crippen LogP contribution in [0.3, 0.4) is 0 Å². The van der Waals surface area contributed by atoms with E-state index in [2.05, 4.69) is 27.5 Å². The van der Waals surface area contributed by atoms with Gasteiger partial charge in [-0.15, -0.1) is 0 Å². The van der Waals surface area contributed by atoms with E-state index < -0.39 is 0 Å². The number of carbonyl (C=O) groups excluding carboxylic acids is 1. The Hall–Kier alpha value is -3.12. The molecule has 1 amide bonds. The minimum atomic E-state index is -0.170. The van der Waals surface area contributed by atoms with Gasteiger partial charge in [-0.3, -0.25) is 4.79 Å². The van der Waals surface area contributed by atoms with Crippen LogP contribution in [-0.4, -0.2) is 30.1 Å². The van der Waals surface area contributed by atoms with Crippen LogP contribution < -0.4 is 10.1 Å². The first kappa shape index (κ1) is 20.6. The van der Waals surface area contributed by atoms with Gasteiger partial charge in [-0.1, -0.05) is 41.6 Å². The lowest BCUT2D eigenvalue weighted by Gasteiger charge is -2.12. The first-order valence-corrected chi connectivity index (χ1v) is 9.58. The fraction of sp³-hybridized carbons (Fsp3) is 0.304. The summed E-state index contributed by atoms with van der Waals surface area (Å²) in [5, 5.41) is 6.91. The van der Waals surface area contributed by atoms with Gasteiger partial charge < -0.3 is 19.5 Å². The molecule has 0 radical (unpaired) electrons. The molecule has 152 valence electrons. The van der Waals surface area contributed by atoms with E-state index in [0.29, 0.717) is 24.5 Å². The molecule has 0 aliphatic rings. The summed E-state index contributed by atoms with van der Waals surface area (Å²) < 4.78 is 11.1. The Balaban J connectivity index is 1.62. The summed E-state index contributed by atoms with van der Waals surface area (Å²) in [5.41, 5.74) is 4.49. The third-order valence-electron chi connectivity index (χ3n) is 4.66. The molecule has 29 heavy (non-hydrogen) atoms. The lowest BCUT2D eigenvalue weighted by molar-refractivity contribution is 0.0946. The van der Waals surface area contributed by atoms with Crippen molar-refractivity contribution in [1.82, 2.24) is 15.4 Å². The number of benzene rings is 2. The monoisotopic (exact) mass is 393 g/mol. The number of rotatable bonds is 8. The SMILES string of the molecule is Cc1noc(C)c1COc1ccccc1C(=O)NCc1ccc(CN(C)C)cc1. The topological polar surface area (TPSA) is 67.6 Å². The molecule has 0 bridgehead atoms. The number of nitrogens with one attached hydrogen (secondary N) is 1. The van der Waals surface area contributed by atoms with Crippen molar-refractivity contribution in [3.05, 3.63) is 82.2 Å². The second-order valence-electron chi connectivity index (χ2n) is 7.32. The Morgan fingerprint density at radius 2 is 1.76 bits per heavy atom. The van der Waals surface area contributed by atoms with E-state index in [4.69, 9.17) is 9.26 Å². The zero-order valence-electron chi connectivity index (χ0n) is 17.4. The van der Waals surface area contributed by atoms with Crippen LogP contribution in [0.4, 0.5) is 0 Å². The Morgan fingerprint density at radius 3 is 2.41 bits per heavy atom. The normalized spacial score (nSPS) is 10.9. The van der Waals surface area contributed by atoms with Crippen LogP contribution in [0.15, 0.2) is 53.1 Å². The minimum Gasteiger partial charge on any atom is -0.488 e. The van der Waals surface area contributed by atoms with Crippen LogP contribution in [0.5, 0.6) is 5.75 Å². The first-order chi connectivity index (χ1) is 13.9. The molecule has 6 nitrogen and oxygen atoms in total. The Kier molecular flexibility index (Phi) is 6.67. The second-order valence-corrected chi connectivity index (χ2v) is 7.32. The molecule has 0 aliphatic heterocycles. The largest absolute Gasteiger partial charge is 0.488 e. The zero-order valence-corrected chi connectivity index (χ0v) is 17.4. The van der Waals surface area contributed by atoms with Crippen molar-refractivity contribution >= 4 is 5.91 Å². The first-order valence-electron chi connectivity index (χ1n) is 9.58. The summed E-state index contributed by atoms with van der Waals surface area (Å²) >= 11 is 0. The van der Waals surface area contributed by atoms with Crippen LogP contribution in [0.2, 0.25) is 0 Å². The highest BCUT2D eigenvalue weighted by Crippen LogP contribution is 2.21. The van der Waals surface area contributed by atoms with E-state index in [9.17, 15) is 4.79 Å². The van der Waals surface area contributed by atoms with E-state index in [1.165, 1.54) is 5.56 Å². The van der Waals surface area contributed by atoms with Gasteiger partial charge in [-0.25, -0.2) is 0 Å². The quantitative estimate of drug-likeness (QED) is 0.629. The van der Waals surface area contributed by atoms with Crippen LogP contribution in [0.1, 0.15) is 38.5 Å². The number of aromatic nitrogens is 1. The highest BCUT2D eigenvalue weighted by atomic mass is 16.5. The highest BCUT2D eigenvalue weighted by molar-refractivity contribution is 5.96. The molecule has 1 N–H and O–H groups in total. The van der Waals surface area contributed by atoms with E-state index in [1.807, 2.05) is 52.2 Å². The summed E-state index contributed by atoms with van der Waals surface area (Å²) in [7, 11) is 4.08. The third-order valence-corrected chi connectivity index (χ3v) is 4.66. The summed E-state index contributed by atoms with van der Waals surface area (Å²) in [5.74, 6) is 1.09. The van der Waals surface area contributed by atoms with Gasteiger partial charge in [0.2, 0.25) is 0 Å².